The van der Waals surface area contributed by atoms with Crippen molar-refractivity contribution in [3.63, 3.8) is 0 Å². The molecule has 2 aromatic rings. The molecule has 2 aliphatic rings. The lowest BCUT2D eigenvalue weighted by Crippen LogP contribution is -2.53. The summed E-state index contributed by atoms with van der Waals surface area (Å²) < 4.78 is 0. The number of rotatable bonds is 6. The smallest absolute Gasteiger partial charge is 0.314 e. The number of benzene rings is 2. The Balaban J connectivity index is 1.45. The van der Waals surface area contributed by atoms with E-state index in [9.17, 15) is 14.7 Å². The van der Waals surface area contributed by atoms with E-state index in [1.165, 1.54) is 0 Å². The van der Waals surface area contributed by atoms with E-state index in [0.717, 1.165) is 49.2 Å². The van der Waals surface area contributed by atoms with E-state index >= 15 is 0 Å². The van der Waals surface area contributed by atoms with Gasteiger partial charge in [-0.1, -0.05) is 60.2 Å². The number of hydrogen-bond acceptors (Lipinski definition) is 3. The van der Waals surface area contributed by atoms with Gasteiger partial charge in [0.2, 0.25) is 5.91 Å². The van der Waals surface area contributed by atoms with E-state index in [0.29, 0.717) is 6.42 Å². The standard InChI is InChI=1S/C25H30N2O3/c1-18-8-10-21(11-9-18)25(23(29)30)16-22(25)17-27-14-12-24(13-15-27,26-19(2)28)20-6-4-3-5-7-20/h3-11,22H,12-17H2,1-2H3,(H,26,28)(H,29,30)/t22-,25?/m0/s1. The third kappa shape index (κ3) is 3.74. The van der Waals surface area contributed by atoms with Crippen LogP contribution in [0, 0.1) is 12.8 Å². The van der Waals surface area contributed by atoms with Crippen LogP contribution in [0.25, 0.3) is 0 Å². The fourth-order valence-corrected chi connectivity index (χ4v) is 5.15. The molecule has 2 aromatic carbocycles. The van der Waals surface area contributed by atoms with Gasteiger partial charge in [-0.15, -0.1) is 0 Å². The molecular weight excluding hydrogens is 376 g/mol. The highest BCUT2D eigenvalue weighted by Crippen LogP contribution is 2.55. The molecule has 158 valence electrons. The maximum Gasteiger partial charge on any atom is 0.314 e. The monoisotopic (exact) mass is 406 g/mol. The summed E-state index contributed by atoms with van der Waals surface area (Å²) in [6.07, 6.45) is 2.35. The van der Waals surface area contributed by atoms with E-state index in [1.54, 1.807) is 6.92 Å². The number of hydrogen-bond donors (Lipinski definition) is 2. The molecule has 0 bridgehead atoms. The van der Waals surface area contributed by atoms with Crippen molar-refractivity contribution in [2.45, 2.75) is 44.1 Å². The fourth-order valence-electron chi connectivity index (χ4n) is 5.15. The minimum absolute atomic E-state index is 0.0150. The first-order valence-electron chi connectivity index (χ1n) is 10.7. The number of carbonyl (C=O) groups is 2. The summed E-state index contributed by atoms with van der Waals surface area (Å²) >= 11 is 0. The highest BCUT2D eigenvalue weighted by molar-refractivity contribution is 5.86. The van der Waals surface area contributed by atoms with Crippen molar-refractivity contribution in [2.75, 3.05) is 19.6 Å². The summed E-state index contributed by atoms with van der Waals surface area (Å²) in [5.41, 5.74) is 2.11. The molecule has 1 aliphatic carbocycles. The Morgan fingerprint density at radius 1 is 1.03 bits per heavy atom. The number of likely N-dealkylation sites (tertiary alicyclic amines) is 1. The summed E-state index contributed by atoms with van der Waals surface area (Å²) in [7, 11) is 0. The van der Waals surface area contributed by atoms with Crippen LogP contribution in [-0.2, 0) is 20.5 Å². The average molecular weight is 407 g/mol. The Bertz CT molecular complexity index is 917. The largest absolute Gasteiger partial charge is 0.481 e. The molecule has 2 atom stereocenters. The molecule has 0 radical (unpaired) electrons. The molecule has 1 aliphatic heterocycles. The van der Waals surface area contributed by atoms with Crippen LogP contribution in [0.4, 0.5) is 0 Å². The minimum atomic E-state index is -0.751. The van der Waals surface area contributed by atoms with E-state index in [1.807, 2.05) is 49.4 Å². The highest BCUT2D eigenvalue weighted by Gasteiger charge is 2.61. The molecule has 2 N–H and O–H groups in total. The Hall–Kier alpha value is -2.66. The van der Waals surface area contributed by atoms with Crippen LogP contribution in [0.2, 0.25) is 0 Å². The zero-order valence-corrected chi connectivity index (χ0v) is 17.7. The van der Waals surface area contributed by atoms with Crippen LogP contribution in [0.5, 0.6) is 0 Å². The molecule has 5 heteroatoms. The van der Waals surface area contributed by atoms with Gasteiger partial charge >= 0.3 is 5.97 Å². The summed E-state index contributed by atoms with van der Waals surface area (Å²) in [5, 5.41) is 13.2. The zero-order valence-electron chi connectivity index (χ0n) is 17.7. The third-order valence-electron chi connectivity index (χ3n) is 6.98. The zero-order chi connectivity index (χ0) is 21.4. The number of carbonyl (C=O) groups excluding carboxylic acids is 1. The molecular formula is C25H30N2O3. The van der Waals surface area contributed by atoms with Gasteiger partial charge in [-0.05, 0) is 43.2 Å². The van der Waals surface area contributed by atoms with Crippen LogP contribution in [0.1, 0.15) is 42.9 Å². The van der Waals surface area contributed by atoms with Crippen molar-refractivity contribution < 1.29 is 14.7 Å². The van der Waals surface area contributed by atoms with E-state index < -0.39 is 11.4 Å². The number of nitrogens with one attached hydrogen (secondary N) is 1. The average Bonchev–Trinajstić information content (AvgIpc) is 3.45. The van der Waals surface area contributed by atoms with E-state index in [2.05, 4.69) is 22.3 Å². The molecule has 1 heterocycles. The second kappa shape index (κ2) is 7.88. The lowest BCUT2D eigenvalue weighted by Gasteiger charge is -2.43. The summed E-state index contributed by atoms with van der Waals surface area (Å²) in [6.45, 7) is 6.06. The molecule has 1 saturated carbocycles. The number of aryl methyl sites for hydroxylation is 1. The number of carboxylic acids is 1. The molecule has 1 amide bonds. The van der Waals surface area contributed by atoms with Gasteiger partial charge < -0.3 is 15.3 Å². The first-order valence-corrected chi connectivity index (χ1v) is 10.7. The van der Waals surface area contributed by atoms with Crippen LogP contribution in [0.3, 0.4) is 0 Å². The first-order chi connectivity index (χ1) is 14.4. The van der Waals surface area contributed by atoms with Gasteiger partial charge in [0.15, 0.2) is 0 Å². The molecule has 4 rings (SSSR count). The van der Waals surface area contributed by atoms with Gasteiger partial charge in [-0.3, -0.25) is 9.59 Å². The van der Waals surface area contributed by atoms with Crippen molar-refractivity contribution in [1.82, 2.24) is 10.2 Å². The Morgan fingerprint density at radius 3 is 2.23 bits per heavy atom. The summed E-state index contributed by atoms with van der Waals surface area (Å²) in [5.74, 6) is -0.605. The highest BCUT2D eigenvalue weighted by atomic mass is 16.4. The van der Waals surface area contributed by atoms with Crippen molar-refractivity contribution in [1.29, 1.82) is 0 Å². The van der Waals surface area contributed by atoms with Crippen LogP contribution in [0.15, 0.2) is 54.6 Å². The van der Waals surface area contributed by atoms with Crippen molar-refractivity contribution >= 4 is 11.9 Å². The second-order valence-corrected chi connectivity index (χ2v) is 8.97. The predicted octanol–water partition coefficient (Wildman–Crippen LogP) is 3.46. The SMILES string of the molecule is CC(=O)NC1(c2ccccc2)CCN(C[C@@H]2CC2(C(=O)O)c2ccc(C)cc2)CC1. The predicted molar refractivity (Wildman–Crippen MR) is 116 cm³/mol. The van der Waals surface area contributed by atoms with Crippen molar-refractivity contribution in [3.05, 3.63) is 71.3 Å². The maximum absolute atomic E-state index is 12.2. The van der Waals surface area contributed by atoms with Gasteiger partial charge in [0.1, 0.15) is 0 Å². The molecule has 0 spiro atoms. The number of amides is 1. The molecule has 2 fully saturated rings. The molecule has 1 unspecified atom stereocenters. The molecule has 1 saturated heterocycles. The quantitative estimate of drug-likeness (QED) is 0.771. The van der Waals surface area contributed by atoms with Crippen LogP contribution in [-0.4, -0.2) is 41.5 Å². The number of carboxylic acid groups (broad SMARTS) is 1. The van der Waals surface area contributed by atoms with Crippen molar-refractivity contribution in [2.24, 2.45) is 5.92 Å². The third-order valence-corrected chi connectivity index (χ3v) is 6.98. The van der Waals surface area contributed by atoms with Crippen molar-refractivity contribution in [3.8, 4) is 0 Å². The second-order valence-electron chi connectivity index (χ2n) is 8.97. The molecule has 0 aromatic heterocycles. The van der Waals surface area contributed by atoms with E-state index in [-0.39, 0.29) is 17.4 Å². The van der Waals surface area contributed by atoms with Gasteiger partial charge in [-0.25, -0.2) is 0 Å². The normalized spacial score (nSPS) is 25.5. The van der Waals surface area contributed by atoms with Gasteiger partial charge in [0, 0.05) is 26.6 Å². The number of nitrogens with zero attached hydrogens (tertiary/aromatic N) is 1. The Kier molecular flexibility index (Phi) is 5.41. The Morgan fingerprint density at radius 2 is 1.67 bits per heavy atom. The number of piperidine rings is 1. The summed E-state index contributed by atoms with van der Waals surface area (Å²) in [6, 6.07) is 18.1. The van der Waals surface area contributed by atoms with Crippen LogP contribution >= 0.6 is 0 Å². The number of aliphatic carboxylic acids is 1. The van der Waals surface area contributed by atoms with Gasteiger partial charge in [0.05, 0.1) is 11.0 Å². The first kappa shape index (κ1) is 20.6. The van der Waals surface area contributed by atoms with Gasteiger partial charge in [0.25, 0.3) is 0 Å². The maximum atomic E-state index is 12.2. The molecule has 30 heavy (non-hydrogen) atoms. The topological polar surface area (TPSA) is 69.6 Å². The van der Waals surface area contributed by atoms with Gasteiger partial charge in [-0.2, -0.15) is 0 Å². The molecule has 5 nitrogen and oxygen atoms in total. The van der Waals surface area contributed by atoms with E-state index in [4.69, 9.17) is 0 Å². The lowest BCUT2D eigenvalue weighted by molar-refractivity contribution is -0.140. The Labute approximate surface area is 178 Å². The summed E-state index contributed by atoms with van der Waals surface area (Å²) in [4.78, 5) is 26.4. The fraction of sp³-hybridized carbons (Fsp3) is 0.440. The van der Waals surface area contributed by atoms with Crippen LogP contribution < -0.4 is 5.32 Å². The lowest BCUT2D eigenvalue weighted by atomic mass is 9.80. The minimum Gasteiger partial charge on any atom is -0.481 e.